The fraction of sp³-hybridized carbons (Fsp3) is 0.0526. The summed E-state index contributed by atoms with van der Waals surface area (Å²) in [6.07, 6.45) is 1.56. The smallest absolute Gasteiger partial charge is 0.275 e. The van der Waals surface area contributed by atoms with Crippen LogP contribution >= 0.6 is 11.6 Å². The van der Waals surface area contributed by atoms with Gasteiger partial charge in [0, 0.05) is 22.1 Å². The lowest BCUT2D eigenvalue weighted by Gasteiger charge is -2.17. The number of nitrogens with one attached hydrogen (secondary N) is 1. The molecular weight excluding hydrogens is 308 g/mol. The fourth-order valence-corrected chi connectivity index (χ4v) is 2.54. The number of aromatic nitrogens is 1. The minimum Gasteiger partial charge on any atom is -0.351 e. The van der Waals surface area contributed by atoms with Crippen LogP contribution in [0.4, 0.5) is 0 Å². The molecule has 0 unspecified atom stereocenters. The van der Waals surface area contributed by atoms with Crippen molar-refractivity contribution in [3.8, 4) is 0 Å². The van der Waals surface area contributed by atoms with Crippen molar-refractivity contribution in [3.63, 3.8) is 0 Å². The highest BCUT2D eigenvalue weighted by molar-refractivity contribution is 6.30. The number of fused-ring (bicyclic) bond motifs is 1. The van der Waals surface area contributed by atoms with E-state index in [9.17, 15) is 4.79 Å². The maximum atomic E-state index is 12.7. The highest BCUT2D eigenvalue weighted by Crippen LogP contribution is 2.18. The first-order chi connectivity index (χ1) is 11.2. The summed E-state index contributed by atoms with van der Waals surface area (Å²) < 4.78 is 0. The molecule has 4 heteroatoms. The summed E-state index contributed by atoms with van der Waals surface area (Å²) in [6.45, 7) is 3.99. The molecule has 114 valence electrons. The van der Waals surface area contributed by atoms with Gasteiger partial charge in [-0.05, 0) is 29.8 Å². The van der Waals surface area contributed by atoms with E-state index in [2.05, 4.69) is 17.3 Å². The van der Waals surface area contributed by atoms with Gasteiger partial charge in [0.1, 0.15) is 5.69 Å². The molecule has 0 aliphatic carbocycles. The van der Waals surface area contributed by atoms with E-state index in [-0.39, 0.29) is 5.91 Å². The van der Waals surface area contributed by atoms with Gasteiger partial charge in [-0.15, -0.1) is 5.73 Å². The minimum atomic E-state index is -0.132. The number of amides is 1. The lowest BCUT2D eigenvalue weighted by Crippen LogP contribution is -2.25. The molecule has 0 saturated carbocycles. The summed E-state index contributed by atoms with van der Waals surface area (Å²) in [6, 6.07) is 17.0. The van der Waals surface area contributed by atoms with E-state index >= 15 is 0 Å². The van der Waals surface area contributed by atoms with Crippen LogP contribution in [0.3, 0.4) is 0 Å². The highest BCUT2D eigenvalue weighted by Gasteiger charge is 2.16. The number of para-hydroxylation sites is 1. The van der Waals surface area contributed by atoms with Crippen LogP contribution in [0.5, 0.6) is 0 Å². The Morgan fingerprint density at radius 2 is 1.96 bits per heavy atom. The molecular formula is C19H15ClN2O. The third kappa shape index (κ3) is 3.37. The number of halogens is 1. The average Bonchev–Trinajstić information content (AvgIpc) is 3.00. The number of aromatic amines is 1. The SMILES string of the molecule is C=C=CN(Cc1ccc(Cl)cc1)C(=O)c1cc2ccccc2[nH]1. The second-order valence-corrected chi connectivity index (χ2v) is 5.60. The zero-order chi connectivity index (χ0) is 16.2. The van der Waals surface area contributed by atoms with Gasteiger partial charge in [-0.1, -0.05) is 48.5 Å². The number of benzene rings is 2. The first-order valence-corrected chi connectivity index (χ1v) is 7.54. The molecule has 0 saturated heterocycles. The van der Waals surface area contributed by atoms with Crippen LogP contribution in [0.15, 0.2) is 73.1 Å². The van der Waals surface area contributed by atoms with Crippen molar-refractivity contribution in [1.29, 1.82) is 0 Å². The maximum Gasteiger partial charge on any atom is 0.275 e. The normalized spacial score (nSPS) is 10.3. The van der Waals surface area contributed by atoms with Crippen molar-refractivity contribution >= 4 is 28.4 Å². The molecule has 3 rings (SSSR count). The molecule has 1 N–H and O–H groups in total. The van der Waals surface area contributed by atoms with Crippen LogP contribution in [-0.4, -0.2) is 15.8 Å². The summed E-state index contributed by atoms with van der Waals surface area (Å²) in [5.41, 5.74) is 5.12. The molecule has 3 nitrogen and oxygen atoms in total. The summed E-state index contributed by atoms with van der Waals surface area (Å²) in [5, 5.41) is 1.67. The van der Waals surface area contributed by atoms with E-state index in [0.29, 0.717) is 17.3 Å². The molecule has 0 spiro atoms. The average molecular weight is 323 g/mol. The third-order valence-electron chi connectivity index (χ3n) is 3.53. The predicted molar refractivity (Wildman–Crippen MR) is 93.3 cm³/mol. The van der Waals surface area contributed by atoms with Gasteiger partial charge < -0.3 is 9.88 Å². The molecule has 0 aliphatic heterocycles. The predicted octanol–water partition coefficient (Wildman–Crippen LogP) is 4.76. The Labute approximate surface area is 139 Å². The summed E-state index contributed by atoms with van der Waals surface area (Å²) >= 11 is 5.90. The summed E-state index contributed by atoms with van der Waals surface area (Å²) in [4.78, 5) is 17.5. The van der Waals surface area contributed by atoms with Crippen molar-refractivity contribution < 1.29 is 4.79 Å². The van der Waals surface area contributed by atoms with Crippen LogP contribution in [0.1, 0.15) is 16.1 Å². The molecule has 0 bridgehead atoms. The molecule has 23 heavy (non-hydrogen) atoms. The first kappa shape index (κ1) is 15.2. The molecule has 2 aromatic carbocycles. The molecule has 3 aromatic rings. The van der Waals surface area contributed by atoms with Crippen molar-refractivity contribution in [2.24, 2.45) is 0 Å². The monoisotopic (exact) mass is 322 g/mol. The first-order valence-electron chi connectivity index (χ1n) is 7.16. The van der Waals surface area contributed by atoms with Crippen LogP contribution in [0, 0.1) is 0 Å². The zero-order valence-electron chi connectivity index (χ0n) is 12.4. The molecule has 1 heterocycles. The van der Waals surface area contributed by atoms with E-state index in [1.54, 1.807) is 23.2 Å². The minimum absolute atomic E-state index is 0.132. The Hall–Kier alpha value is -2.74. The second-order valence-electron chi connectivity index (χ2n) is 5.16. The second kappa shape index (κ2) is 6.57. The Morgan fingerprint density at radius 1 is 1.22 bits per heavy atom. The van der Waals surface area contributed by atoms with Gasteiger partial charge in [-0.3, -0.25) is 4.79 Å². The van der Waals surface area contributed by atoms with Gasteiger partial charge >= 0.3 is 0 Å². The molecule has 1 aromatic heterocycles. The van der Waals surface area contributed by atoms with Crippen molar-refractivity contribution in [1.82, 2.24) is 9.88 Å². The van der Waals surface area contributed by atoms with Gasteiger partial charge in [-0.25, -0.2) is 0 Å². The maximum absolute atomic E-state index is 12.7. The molecule has 0 aliphatic rings. The Bertz CT molecular complexity index is 856. The third-order valence-corrected chi connectivity index (χ3v) is 3.79. The van der Waals surface area contributed by atoms with E-state index in [4.69, 9.17) is 11.6 Å². The Balaban J connectivity index is 1.88. The summed E-state index contributed by atoms with van der Waals surface area (Å²) in [7, 11) is 0. The molecule has 0 radical (unpaired) electrons. The number of hydrogen-bond acceptors (Lipinski definition) is 1. The molecule has 0 fully saturated rings. The van der Waals surface area contributed by atoms with Gasteiger partial charge in [0.05, 0.1) is 6.54 Å². The fourth-order valence-electron chi connectivity index (χ4n) is 2.42. The Morgan fingerprint density at radius 3 is 2.65 bits per heavy atom. The van der Waals surface area contributed by atoms with Gasteiger partial charge in [-0.2, -0.15) is 0 Å². The number of hydrogen-bond donors (Lipinski definition) is 1. The summed E-state index contributed by atoms with van der Waals surface area (Å²) in [5.74, 6) is -0.132. The zero-order valence-corrected chi connectivity index (χ0v) is 13.2. The highest BCUT2D eigenvalue weighted by atomic mass is 35.5. The Kier molecular flexibility index (Phi) is 4.33. The van der Waals surface area contributed by atoms with E-state index in [0.717, 1.165) is 16.5 Å². The molecule has 1 amide bonds. The van der Waals surface area contributed by atoms with Crippen LogP contribution in [0.2, 0.25) is 5.02 Å². The van der Waals surface area contributed by atoms with E-state index in [1.165, 1.54) is 0 Å². The number of carbonyl (C=O) groups is 1. The van der Waals surface area contributed by atoms with E-state index < -0.39 is 0 Å². The van der Waals surface area contributed by atoms with Crippen LogP contribution < -0.4 is 0 Å². The molecule has 0 atom stereocenters. The number of nitrogens with zero attached hydrogens (tertiary/aromatic N) is 1. The van der Waals surface area contributed by atoms with Crippen molar-refractivity contribution in [3.05, 3.63) is 89.4 Å². The van der Waals surface area contributed by atoms with Crippen LogP contribution in [-0.2, 0) is 6.54 Å². The van der Waals surface area contributed by atoms with Crippen molar-refractivity contribution in [2.45, 2.75) is 6.54 Å². The number of carbonyl (C=O) groups excluding carboxylic acids is 1. The van der Waals surface area contributed by atoms with Gasteiger partial charge in [0.25, 0.3) is 5.91 Å². The van der Waals surface area contributed by atoms with E-state index in [1.807, 2.05) is 42.5 Å². The van der Waals surface area contributed by atoms with Crippen molar-refractivity contribution in [2.75, 3.05) is 0 Å². The quantitative estimate of drug-likeness (QED) is 0.690. The lowest BCUT2D eigenvalue weighted by atomic mass is 10.2. The van der Waals surface area contributed by atoms with Crippen LogP contribution in [0.25, 0.3) is 10.9 Å². The van der Waals surface area contributed by atoms with Gasteiger partial charge in [0.2, 0.25) is 0 Å². The van der Waals surface area contributed by atoms with Gasteiger partial charge in [0.15, 0.2) is 0 Å². The number of H-pyrrole nitrogens is 1. The topological polar surface area (TPSA) is 36.1 Å². The standard InChI is InChI=1S/C19H15ClN2O/c1-2-11-22(13-14-7-9-16(20)10-8-14)19(23)18-12-15-5-3-4-6-17(15)21-18/h3-12,21H,1,13H2. The lowest BCUT2D eigenvalue weighted by molar-refractivity contribution is 0.0809. The largest absolute Gasteiger partial charge is 0.351 e. The number of rotatable bonds is 4.